The van der Waals surface area contributed by atoms with Crippen LogP contribution < -0.4 is 10.6 Å². The van der Waals surface area contributed by atoms with Crippen molar-refractivity contribution in [3.8, 4) is 0 Å². The van der Waals surface area contributed by atoms with Gasteiger partial charge < -0.3 is 10.6 Å². The zero-order valence-corrected chi connectivity index (χ0v) is 13.6. The van der Waals surface area contributed by atoms with Gasteiger partial charge in [-0.2, -0.15) is 0 Å². The van der Waals surface area contributed by atoms with Gasteiger partial charge in [0.25, 0.3) is 5.91 Å². The number of rotatable bonds is 4. The minimum atomic E-state index is -0.0974. The van der Waals surface area contributed by atoms with E-state index in [0.29, 0.717) is 22.4 Å². The summed E-state index contributed by atoms with van der Waals surface area (Å²) in [6.07, 6.45) is 4.68. The monoisotopic (exact) mass is 306 g/mol. The number of halogens is 1. The summed E-state index contributed by atoms with van der Waals surface area (Å²) in [6.45, 7) is 5.34. The van der Waals surface area contributed by atoms with E-state index in [1.54, 1.807) is 19.2 Å². The Kier molecular flexibility index (Phi) is 5.29. The van der Waals surface area contributed by atoms with E-state index in [4.69, 9.17) is 11.6 Å². The molecule has 2 rings (SSSR count). The molecule has 21 heavy (non-hydrogen) atoms. The molecule has 2 unspecified atom stereocenters. The topological polar surface area (TPSA) is 41.1 Å². The van der Waals surface area contributed by atoms with Crippen LogP contribution in [-0.4, -0.2) is 19.5 Å². The smallest absolute Gasteiger partial charge is 0.251 e. The van der Waals surface area contributed by atoms with Crippen LogP contribution in [0.4, 0.5) is 5.69 Å². The second-order valence-corrected chi connectivity index (χ2v) is 6.36. The third-order valence-electron chi connectivity index (χ3n) is 3.92. The summed E-state index contributed by atoms with van der Waals surface area (Å²) in [4.78, 5) is 11.7. The Morgan fingerprint density at radius 3 is 2.86 bits per heavy atom. The van der Waals surface area contributed by atoms with E-state index in [0.717, 1.165) is 18.7 Å². The van der Waals surface area contributed by atoms with Gasteiger partial charge in [-0.1, -0.05) is 30.2 Å². The fraction of sp³-hybridized carbons (Fsp3) is 0.471. The van der Waals surface area contributed by atoms with E-state index in [1.165, 1.54) is 12.0 Å². The fourth-order valence-corrected chi connectivity index (χ4v) is 3.23. The Bertz CT molecular complexity index is 554. The van der Waals surface area contributed by atoms with E-state index in [9.17, 15) is 4.79 Å². The van der Waals surface area contributed by atoms with Gasteiger partial charge in [-0.3, -0.25) is 4.79 Å². The molecule has 114 valence electrons. The van der Waals surface area contributed by atoms with Gasteiger partial charge >= 0.3 is 0 Å². The molecule has 0 spiro atoms. The van der Waals surface area contributed by atoms with E-state index < -0.39 is 0 Å². The highest BCUT2D eigenvalue weighted by atomic mass is 35.5. The van der Waals surface area contributed by atoms with Crippen LogP contribution in [-0.2, 0) is 0 Å². The van der Waals surface area contributed by atoms with Gasteiger partial charge in [-0.05, 0) is 49.8 Å². The second-order valence-electron chi connectivity index (χ2n) is 5.95. The molecule has 0 aliphatic heterocycles. The van der Waals surface area contributed by atoms with Crippen molar-refractivity contribution in [3.05, 3.63) is 40.4 Å². The molecule has 0 saturated heterocycles. The van der Waals surface area contributed by atoms with Crippen molar-refractivity contribution in [1.29, 1.82) is 0 Å². The number of carbonyl (C=O) groups excluding carboxylic acids is 1. The number of carbonyl (C=O) groups is 1. The molecule has 1 aromatic carbocycles. The van der Waals surface area contributed by atoms with Crippen molar-refractivity contribution in [2.24, 2.45) is 11.8 Å². The average Bonchev–Trinajstić information content (AvgIpc) is 2.44. The van der Waals surface area contributed by atoms with E-state index in [2.05, 4.69) is 30.6 Å². The normalized spacial score (nSPS) is 21.6. The number of anilines is 1. The lowest BCUT2D eigenvalue weighted by molar-refractivity contribution is 0.0963. The molecule has 1 aromatic rings. The Morgan fingerprint density at radius 2 is 2.19 bits per heavy atom. The molecule has 0 bridgehead atoms. The highest BCUT2D eigenvalue weighted by Crippen LogP contribution is 2.29. The van der Waals surface area contributed by atoms with Gasteiger partial charge in [-0.25, -0.2) is 0 Å². The summed E-state index contributed by atoms with van der Waals surface area (Å²) in [5.41, 5.74) is 2.92. The van der Waals surface area contributed by atoms with Crippen molar-refractivity contribution in [2.45, 2.75) is 26.7 Å². The molecule has 0 fully saturated rings. The molecular formula is C17H23ClN2O. The van der Waals surface area contributed by atoms with Crippen molar-refractivity contribution >= 4 is 23.2 Å². The number of benzene rings is 1. The maximum Gasteiger partial charge on any atom is 0.251 e. The summed E-state index contributed by atoms with van der Waals surface area (Å²) in [6, 6.07) is 5.32. The SMILES string of the molecule is CNC(=O)c1ccc(Cl)c(NCC2CC(C)=CC(C)C2)c1. The molecule has 1 aliphatic carbocycles. The maximum absolute atomic E-state index is 11.7. The van der Waals surface area contributed by atoms with E-state index in [-0.39, 0.29) is 5.91 Å². The summed E-state index contributed by atoms with van der Waals surface area (Å²) in [5.74, 6) is 1.16. The van der Waals surface area contributed by atoms with Gasteiger partial charge in [0.1, 0.15) is 0 Å². The highest BCUT2D eigenvalue weighted by Gasteiger charge is 2.18. The molecule has 0 radical (unpaired) electrons. The predicted octanol–water partition coefficient (Wildman–Crippen LogP) is 4.10. The number of nitrogens with one attached hydrogen (secondary N) is 2. The van der Waals surface area contributed by atoms with Crippen LogP contribution >= 0.6 is 11.6 Å². The second kappa shape index (κ2) is 6.99. The summed E-state index contributed by atoms with van der Waals surface area (Å²) in [5, 5.41) is 6.68. The minimum absolute atomic E-state index is 0.0974. The first-order valence-corrected chi connectivity index (χ1v) is 7.80. The van der Waals surface area contributed by atoms with E-state index in [1.807, 2.05) is 6.07 Å². The Balaban J connectivity index is 2.03. The molecule has 0 aromatic heterocycles. The zero-order chi connectivity index (χ0) is 15.4. The molecule has 0 saturated carbocycles. The Labute approximate surface area is 131 Å². The molecular weight excluding hydrogens is 284 g/mol. The lowest BCUT2D eigenvalue weighted by Gasteiger charge is -2.26. The molecule has 3 nitrogen and oxygen atoms in total. The van der Waals surface area contributed by atoms with Crippen LogP contribution in [0.3, 0.4) is 0 Å². The summed E-state index contributed by atoms with van der Waals surface area (Å²) >= 11 is 6.21. The van der Waals surface area contributed by atoms with Crippen LogP contribution in [0.1, 0.15) is 37.0 Å². The van der Waals surface area contributed by atoms with Gasteiger partial charge in [0, 0.05) is 19.2 Å². The standard InChI is InChI=1S/C17H23ClN2O/c1-11-6-12(2)8-13(7-11)10-20-16-9-14(17(21)19-3)4-5-15(16)18/h4-6,9,11,13,20H,7-8,10H2,1-3H3,(H,19,21). The molecule has 1 amide bonds. The Morgan fingerprint density at radius 1 is 1.43 bits per heavy atom. The fourth-order valence-electron chi connectivity index (χ4n) is 3.04. The van der Waals surface area contributed by atoms with Crippen molar-refractivity contribution in [2.75, 3.05) is 18.9 Å². The molecule has 2 N–H and O–H groups in total. The number of hydrogen-bond acceptors (Lipinski definition) is 2. The van der Waals surface area contributed by atoms with Crippen molar-refractivity contribution < 1.29 is 4.79 Å². The maximum atomic E-state index is 11.7. The van der Waals surface area contributed by atoms with Crippen LogP contribution in [0.5, 0.6) is 0 Å². The van der Waals surface area contributed by atoms with Crippen molar-refractivity contribution in [3.63, 3.8) is 0 Å². The first-order chi connectivity index (χ1) is 9.99. The third-order valence-corrected chi connectivity index (χ3v) is 4.25. The first-order valence-electron chi connectivity index (χ1n) is 7.42. The zero-order valence-electron chi connectivity index (χ0n) is 12.9. The highest BCUT2D eigenvalue weighted by molar-refractivity contribution is 6.33. The van der Waals surface area contributed by atoms with Gasteiger partial charge in [0.15, 0.2) is 0 Å². The number of allylic oxidation sites excluding steroid dienone is 2. The summed E-state index contributed by atoms with van der Waals surface area (Å²) in [7, 11) is 1.63. The van der Waals surface area contributed by atoms with Crippen LogP contribution in [0.25, 0.3) is 0 Å². The third kappa shape index (κ3) is 4.24. The molecule has 2 atom stereocenters. The lowest BCUT2D eigenvalue weighted by Crippen LogP contribution is -2.21. The molecule has 1 aliphatic rings. The number of hydrogen-bond donors (Lipinski definition) is 2. The predicted molar refractivity (Wildman–Crippen MR) is 89.0 cm³/mol. The van der Waals surface area contributed by atoms with E-state index >= 15 is 0 Å². The lowest BCUT2D eigenvalue weighted by atomic mass is 9.84. The molecule has 0 heterocycles. The van der Waals surface area contributed by atoms with Gasteiger partial charge in [0.05, 0.1) is 10.7 Å². The first kappa shape index (κ1) is 15.9. The molecule has 4 heteroatoms. The summed E-state index contributed by atoms with van der Waals surface area (Å²) < 4.78 is 0. The minimum Gasteiger partial charge on any atom is -0.384 e. The number of amides is 1. The van der Waals surface area contributed by atoms with Gasteiger partial charge in [-0.15, -0.1) is 0 Å². The Hall–Kier alpha value is -1.48. The van der Waals surface area contributed by atoms with Crippen LogP contribution in [0.15, 0.2) is 29.8 Å². The van der Waals surface area contributed by atoms with Crippen LogP contribution in [0.2, 0.25) is 5.02 Å². The quantitative estimate of drug-likeness (QED) is 0.822. The van der Waals surface area contributed by atoms with Crippen LogP contribution in [0, 0.1) is 11.8 Å². The largest absolute Gasteiger partial charge is 0.384 e. The van der Waals surface area contributed by atoms with Gasteiger partial charge in [0.2, 0.25) is 0 Å². The average molecular weight is 307 g/mol. The van der Waals surface area contributed by atoms with Crippen molar-refractivity contribution in [1.82, 2.24) is 5.32 Å².